The molecule has 0 saturated carbocycles. The van der Waals surface area contributed by atoms with Crippen LogP contribution in [0.15, 0.2) is 22.7 Å². The van der Waals surface area contributed by atoms with Gasteiger partial charge in [-0.2, -0.15) is 0 Å². The minimum Gasteiger partial charge on any atom is -0.388 e. The minimum absolute atomic E-state index is 0.0917. The highest BCUT2D eigenvalue weighted by Crippen LogP contribution is 2.34. The molecule has 0 spiro atoms. The number of sulfone groups is 1. The molecule has 17 heavy (non-hydrogen) atoms. The predicted molar refractivity (Wildman–Crippen MR) is 70.6 cm³/mol. The van der Waals surface area contributed by atoms with E-state index in [4.69, 9.17) is 0 Å². The van der Waals surface area contributed by atoms with Gasteiger partial charge in [0.15, 0.2) is 9.84 Å². The molecule has 2 rings (SSSR count). The van der Waals surface area contributed by atoms with Crippen LogP contribution in [-0.2, 0) is 9.84 Å². The van der Waals surface area contributed by atoms with Crippen LogP contribution in [0, 0.1) is 12.8 Å². The summed E-state index contributed by atoms with van der Waals surface area (Å²) in [4.78, 5) is 0. The highest BCUT2D eigenvalue weighted by Gasteiger charge is 2.34. The third-order valence-corrected chi connectivity index (χ3v) is 5.67. The Bertz CT molecular complexity index is 525. The molecule has 1 aromatic rings. The Labute approximate surface area is 110 Å². The molecule has 2 unspecified atom stereocenters. The van der Waals surface area contributed by atoms with Crippen molar-refractivity contribution in [3.63, 3.8) is 0 Å². The maximum absolute atomic E-state index is 11.4. The van der Waals surface area contributed by atoms with Crippen LogP contribution in [0.2, 0.25) is 0 Å². The lowest BCUT2D eigenvalue weighted by Gasteiger charge is -2.18. The molecular formula is C12H15BrO3S. The van der Waals surface area contributed by atoms with Crippen LogP contribution in [0.25, 0.3) is 0 Å². The number of halogens is 1. The Balaban J connectivity index is 2.23. The summed E-state index contributed by atoms with van der Waals surface area (Å²) < 4.78 is 23.6. The van der Waals surface area contributed by atoms with E-state index in [1.807, 2.05) is 25.1 Å². The normalized spacial score (nSPS) is 24.8. The second-order valence-corrected chi connectivity index (χ2v) is 7.72. The summed E-state index contributed by atoms with van der Waals surface area (Å²) >= 11 is 3.41. The third-order valence-electron chi connectivity index (χ3n) is 3.19. The molecule has 1 saturated heterocycles. The van der Waals surface area contributed by atoms with Gasteiger partial charge in [0, 0.05) is 10.4 Å². The van der Waals surface area contributed by atoms with Crippen LogP contribution in [0.5, 0.6) is 0 Å². The summed E-state index contributed by atoms with van der Waals surface area (Å²) in [7, 11) is -2.94. The van der Waals surface area contributed by atoms with Gasteiger partial charge >= 0.3 is 0 Å². The van der Waals surface area contributed by atoms with Crippen molar-refractivity contribution in [2.45, 2.75) is 19.4 Å². The van der Waals surface area contributed by atoms with Crippen molar-refractivity contribution in [1.29, 1.82) is 0 Å². The molecule has 1 fully saturated rings. The molecule has 0 radical (unpaired) electrons. The molecule has 0 aromatic heterocycles. The van der Waals surface area contributed by atoms with E-state index in [1.54, 1.807) is 0 Å². The topological polar surface area (TPSA) is 54.4 Å². The van der Waals surface area contributed by atoms with Gasteiger partial charge in [-0.3, -0.25) is 0 Å². The van der Waals surface area contributed by atoms with Gasteiger partial charge in [0.05, 0.1) is 17.6 Å². The van der Waals surface area contributed by atoms with Crippen molar-refractivity contribution in [2.24, 2.45) is 5.92 Å². The van der Waals surface area contributed by atoms with Crippen molar-refractivity contribution in [3.05, 3.63) is 33.8 Å². The fourth-order valence-corrected chi connectivity index (χ4v) is 4.76. The summed E-state index contributed by atoms with van der Waals surface area (Å²) in [5.41, 5.74) is 1.88. The van der Waals surface area contributed by atoms with Gasteiger partial charge in [0.25, 0.3) is 0 Å². The average molecular weight is 319 g/mol. The van der Waals surface area contributed by atoms with E-state index in [-0.39, 0.29) is 17.4 Å². The molecule has 0 aliphatic carbocycles. The molecule has 2 atom stereocenters. The van der Waals surface area contributed by atoms with Gasteiger partial charge in [0.2, 0.25) is 0 Å². The molecule has 5 heteroatoms. The van der Waals surface area contributed by atoms with Gasteiger partial charge in [-0.05, 0) is 30.5 Å². The van der Waals surface area contributed by atoms with Crippen molar-refractivity contribution < 1.29 is 13.5 Å². The first kappa shape index (κ1) is 13.1. The van der Waals surface area contributed by atoms with Gasteiger partial charge in [0.1, 0.15) is 0 Å². The first-order valence-electron chi connectivity index (χ1n) is 5.53. The van der Waals surface area contributed by atoms with Crippen molar-refractivity contribution in [2.75, 3.05) is 11.5 Å². The molecule has 1 aliphatic heterocycles. The lowest BCUT2D eigenvalue weighted by atomic mass is 9.95. The second kappa shape index (κ2) is 4.71. The lowest BCUT2D eigenvalue weighted by Crippen LogP contribution is -2.14. The van der Waals surface area contributed by atoms with E-state index in [9.17, 15) is 13.5 Å². The van der Waals surface area contributed by atoms with Gasteiger partial charge in [-0.1, -0.05) is 28.1 Å². The molecule has 3 nitrogen and oxygen atoms in total. The van der Waals surface area contributed by atoms with Crippen LogP contribution < -0.4 is 0 Å². The Morgan fingerprint density at radius 1 is 1.47 bits per heavy atom. The summed E-state index contributed by atoms with van der Waals surface area (Å²) in [5, 5.41) is 10.2. The second-order valence-electron chi connectivity index (χ2n) is 4.63. The van der Waals surface area contributed by atoms with Gasteiger partial charge < -0.3 is 5.11 Å². The molecule has 0 bridgehead atoms. The van der Waals surface area contributed by atoms with Crippen LogP contribution in [0.4, 0.5) is 0 Å². The SMILES string of the molecule is Cc1ccc(C(O)C2CCS(=O)(=O)C2)c(Br)c1. The van der Waals surface area contributed by atoms with E-state index in [0.29, 0.717) is 6.42 Å². The molecule has 1 N–H and O–H groups in total. The molecule has 1 aliphatic rings. The first-order valence-corrected chi connectivity index (χ1v) is 8.15. The standard InChI is InChI=1S/C12H15BrO3S/c1-8-2-3-10(11(13)6-8)12(14)9-4-5-17(15,16)7-9/h2-3,6,9,12,14H,4-5,7H2,1H3. The fraction of sp³-hybridized carbons (Fsp3) is 0.500. The summed E-state index contributed by atoms with van der Waals surface area (Å²) in [6.45, 7) is 1.97. The Hall–Kier alpha value is -0.390. The van der Waals surface area contributed by atoms with Crippen molar-refractivity contribution in [1.82, 2.24) is 0 Å². The first-order chi connectivity index (χ1) is 7.89. The van der Waals surface area contributed by atoms with Crippen molar-refractivity contribution in [3.8, 4) is 0 Å². The average Bonchev–Trinajstić information content (AvgIpc) is 2.58. The maximum Gasteiger partial charge on any atom is 0.150 e. The molecule has 0 amide bonds. The molecule has 1 heterocycles. The van der Waals surface area contributed by atoms with E-state index in [0.717, 1.165) is 15.6 Å². The van der Waals surface area contributed by atoms with Crippen LogP contribution in [0.3, 0.4) is 0 Å². The molecular weight excluding hydrogens is 304 g/mol. The maximum atomic E-state index is 11.4. The summed E-state index contributed by atoms with van der Waals surface area (Å²) in [5.74, 6) is 0.103. The van der Waals surface area contributed by atoms with Gasteiger partial charge in [-0.25, -0.2) is 8.42 Å². The Morgan fingerprint density at radius 3 is 2.71 bits per heavy atom. The van der Waals surface area contributed by atoms with Gasteiger partial charge in [-0.15, -0.1) is 0 Å². The number of hydrogen-bond donors (Lipinski definition) is 1. The predicted octanol–water partition coefficient (Wildman–Crippen LogP) is 2.23. The fourth-order valence-electron chi connectivity index (χ4n) is 2.20. The zero-order valence-electron chi connectivity index (χ0n) is 9.56. The number of aliphatic hydroxyl groups excluding tert-OH is 1. The van der Waals surface area contributed by atoms with Crippen molar-refractivity contribution >= 4 is 25.8 Å². The molecule has 1 aromatic carbocycles. The van der Waals surface area contributed by atoms with E-state index in [2.05, 4.69) is 15.9 Å². The number of benzene rings is 1. The van der Waals surface area contributed by atoms with E-state index in [1.165, 1.54) is 0 Å². The van der Waals surface area contributed by atoms with E-state index < -0.39 is 15.9 Å². The number of aliphatic hydroxyl groups is 1. The number of hydrogen-bond acceptors (Lipinski definition) is 3. The number of aryl methyl sites for hydroxylation is 1. The zero-order chi connectivity index (χ0) is 12.6. The number of rotatable bonds is 2. The monoisotopic (exact) mass is 318 g/mol. The third kappa shape index (κ3) is 2.89. The smallest absolute Gasteiger partial charge is 0.150 e. The summed E-state index contributed by atoms with van der Waals surface area (Å²) in [6, 6.07) is 5.71. The highest BCUT2D eigenvalue weighted by molar-refractivity contribution is 9.10. The quantitative estimate of drug-likeness (QED) is 0.909. The van der Waals surface area contributed by atoms with Crippen LogP contribution in [-0.4, -0.2) is 25.0 Å². The van der Waals surface area contributed by atoms with Crippen LogP contribution in [0.1, 0.15) is 23.7 Å². The Morgan fingerprint density at radius 2 is 2.18 bits per heavy atom. The highest BCUT2D eigenvalue weighted by atomic mass is 79.9. The lowest BCUT2D eigenvalue weighted by molar-refractivity contribution is 0.120. The zero-order valence-corrected chi connectivity index (χ0v) is 12.0. The van der Waals surface area contributed by atoms with E-state index >= 15 is 0 Å². The minimum atomic E-state index is -2.94. The summed E-state index contributed by atoms with van der Waals surface area (Å²) in [6.07, 6.45) is -0.161. The largest absolute Gasteiger partial charge is 0.388 e. The molecule has 94 valence electrons. The Kier molecular flexibility index (Phi) is 3.61. The van der Waals surface area contributed by atoms with Crippen LogP contribution >= 0.6 is 15.9 Å².